The molecule has 3 heteroatoms. The molecule has 1 aromatic heterocycles. The summed E-state index contributed by atoms with van der Waals surface area (Å²) in [6.45, 7) is 0. The fourth-order valence-corrected chi connectivity index (χ4v) is 5.58. The van der Waals surface area contributed by atoms with Gasteiger partial charge in [0.15, 0.2) is 0 Å². The molecule has 1 heterocycles. The number of para-hydroxylation sites is 3. The molecule has 0 aliphatic rings. The average molecular weight is 496 g/mol. The normalized spacial score (nSPS) is 11.2. The Kier molecular flexibility index (Phi) is 5.75. The number of aromatic nitrogens is 1. The average Bonchev–Trinajstić information content (AvgIpc) is 3.34. The van der Waals surface area contributed by atoms with E-state index in [2.05, 4.69) is 149 Å². The van der Waals surface area contributed by atoms with Crippen LogP contribution in [0.1, 0.15) is 0 Å². The lowest BCUT2D eigenvalue weighted by Crippen LogP contribution is -2.09. The molecule has 0 saturated carbocycles. The number of fused-ring (bicyclic) bond motifs is 3. The minimum atomic E-state index is 0.799. The fraction of sp³-hybridized carbons (Fsp3) is 0. The van der Waals surface area contributed by atoms with Crippen LogP contribution >= 0.6 is 0 Å². The van der Waals surface area contributed by atoms with Crippen molar-refractivity contribution in [2.24, 2.45) is 0 Å². The highest BCUT2D eigenvalue weighted by Gasteiger charge is 2.15. The molecule has 0 aliphatic heterocycles. The smallest absolute Gasteiger partial charge is 0.114 e. The number of hydrogen-bond donors (Lipinski definition) is 0. The third-order valence-electron chi connectivity index (χ3n) is 7.30. The van der Waals surface area contributed by atoms with Crippen molar-refractivity contribution in [2.75, 3.05) is 4.90 Å². The molecule has 39 heavy (non-hydrogen) atoms. The molecular weight excluding hydrogens is 471 g/mol. The molecule has 0 saturated heterocycles. The summed E-state index contributed by atoms with van der Waals surface area (Å²) in [5, 5.41) is 2.27. The van der Waals surface area contributed by atoms with Gasteiger partial charge in [-0.05, 0) is 71.8 Å². The standard InChI is InChI=1S/C36H25BN2/c37-33-21-11-23-35-36(33)32-20-7-8-22-34(32)39(35)31-19-10-13-27(25-31)26-12-9-18-30(24-26)38(28-14-3-1-4-15-28)29-16-5-2-6-17-29/h1-25H. The first kappa shape index (κ1) is 23.1. The van der Waals surface area contributed by atoms with E-state index >= 15 is 0 Å². The van der Waals surface area contributed by atoms with Gasteiger partial charge in [-0.15, -0.1) is 0 Å². The maximum atomic E-state index is 6.46. The van der Waals surface area contributed by atoms with Crippen LogP contribution in [0.3, 0.4) is 0 Å². The van der Waals surface area contributed by atoms with Crippen LogP contribution in [-0.2, 0) is 0 Å². The van der Waals surface area contributed by atoms with Crippen molar-refractivity contribution in [2.45, 2.75) is 0 Å². The number of hydrogen-bond acceptors (Lipinski definition) is 1. The van der Waals surface area contributed by atoms with Crippen molar-refractivity contribution in [1.29, 1.82) is 0 Å². The predicted octanol–water partition coefficient (Wildman–Crippen LogP) is 8.71. The molecule has 6 aromatic carbocycles. The zero-order valence-corrected chi connectivity index (χ0v) is 21.4. The molecule has 7 rings (SSSR count). The van der Waals surface area contributed by atoms with Crippen LogP contribution in [0.4, 0.5) is 17.1 Å². The van der Waals surface area contributed by atoms with Crippen molar-refractivity contribution < 1.29 is 0 Å². The first-order chi connectivity index (χ1) is 19.3. The van der Waals surface area contributed by atoms with Crippen molar-refractivity contribution in [1.82, 2.24) is 4.57 Å². The maximum absolute atomic E-state index is 6.46. The molecule has 0 fully saturated rings. The Labute approximate surface area is 229 Å². The van der Waals surface area contributed by atoms with Gasteiger partial charge < -0.3 is 9.47 Å². The summed E-state index contributed by atoms with van der Waals surface area (Å²) >= 11 is 0. The zero-order valence-electron chi connectivity index (χ0n) is 21.4. The third kappa shape index (κ3) is 4.09. The first-order valence-corrected chi connectivity index (χ1v) is 13.2. The van der Waals surface area contributed by atoms with Crippen molar-refractivity contribution in [3.63, 3.8) is 0 Å². The Balaban J connectivity index is 1.37. The minimum absolute atomic E-state index is 0.799. The summed E-state index contributed by atoms with van der Waals surface area (Å²) in [5.74, 6) is 0. The number of nitrogens with zero attached hydrogens (tertiary/aromatic N) is 2. The van der Waals surface area contributed by atoms with Gasteiger partial charge in [0.05, 0.1) is 11.0 Å². The molecule has 2 nitrogen and oxygen atoms in total. The Morgan fingerprint density at radius 2 is 1.03 bits per heavy atom. The van der Waals surface area contributed by atoms with Crippen LogP contribution in [0.2, 0.25) is 0 Å². The largest absolute Gasteiger partial charge is 0.310 e. The van der Waals surface area contributed by atoms with Gasteiger partial charge in [-0.25, -0.2) is 0 Å². The van der Waals surface area contributed by atoms with E-state index in [1.807, 2.05) is 12.1 Å². The van der Waals surface area contributed by atoms with Gasteiger partial charge in [0.2, 0.25) is 0 Å². The summed E-state index contributed by atoms with van der Waals surface area (Å²) in [4.78, 5) is 2.29. The van der Waals surface area contributed by atoms with E-state index in [9.17, 15) is 0 Å². The Bertz CT molecular complexity index is 1880. The lowest BCUT2D eigenvalue weighted by Gasteiger charge is -2.26. The number of anilines is 3. The highest BCUT2D eigenvalue weighted by atomic mass is 15.1. The SMILES string of the molecule is [B]c1cccc2c1c1ccccc1n2-c1cccc(-c2cccc(N(c3ccccc3)c3ccccc3)c2)c1. The summed E-state index contributed by atoms with van der Waals surface area (Å²) < 4.78 is 2.31. The molecule has 7 aromatic rings. The molecule has 0 aliphatic carbocycles. The van der Waals surface area contributed by atoms with Crippen molar-refractivity contribution in [3.8, 4) is 16.8 Å². The molecule has 182 valence electrons. The molecule has 0 spiro atoms. The predicted molar refractivity (Wildman–Crippen MR) is 166 cm³/mol. The summed E-state index contributed by atoms with van der Waals surface area (Å²) in [6, 6.07) is 53.2. The van der Waals surface area contributed by atoms with E-state index in [1.54, 1.807) is 0 Å². The monoisotopic (exact) mass is 496 g/mol. The highest BCUT2D eigenvalue weighted by Crippen LogP contribution is 2.37. The fourth-order valence-electron chi connectivity index (χ4n) is 5.58. The maximum Gasteiger partial charge on any atom is 0.114 e. The van der Waals surface area contributed by atoms with Gasteiger partial charge >= 0.3 is 0 Å². The van der Waals surface area contributed by atoms with Crippen molar-refractivity contribution in [3.05, 3.63) is 152 Å². The Morgan fingerprint density at radius 3 is 1.77 bits per heavy atom. The molecule has 0 amide bonds. The molecule has 2 radical (unpaired) electrons. The van der Waals surface area contributed by atoms with E-state index in [4.69, 9.17) is 7.85 Å². The minimum Gasteiger partial charge on any atom is -0.310 e. The molecular formula is C36H25BN2. The van der Waals surface area contributed by atoms with Gasteiger partial charge in [0.25, 0.3) is 0 Å². The number of rotatable bonds is 5. The van der Waals surface area contributed by atoms with Crippen LogP contribution in [-0.4, -0.2) is 12.4 Å². The second-order valence-electron chi connectivity index (χ2n) is 9.70. The lowest BCUT2D eigenvalue weighted by molar-refractivity contribution is 1.18. The van der Waals surface area contributed by atoms with E-state index in [-0.39, 0.29) is 0 Å². The molecule has 0 bridgehead atoms. The highest BCUT2D eigenvalue weighted by molar-refractivity contribution is 6.41. The zero-order chi connectivity index (χ0) is 26.2. The quantitative estimate of drug-likeness (QED) is 0.216. The van der Waals surface area contributed by atoms with Crippen LogP contribution < -0.4 is 10.4 Å². The molecule has 0 unspecified atom stereocenters. The molecule has 0 atom stereocenters. The summed E-state index contributed by atoms with van der Waals surface area (Å²) in [5.41, 5.74) is 9.84. The van der Waals surface area contributed by atoms with E-state index in [1.165, 1.54) is 5.39 Å². The number of benzene rings is 6. The Hall–Kier alpha value is -5.02. The van der Waals surface area contributed by atoms with Crippen molar-refractivity contribution >= 4 is 52.2 Å². The third-order valence-corrected chi connectivity index (χ3v) is 7.30. The molecule has 0 N–H and O–H groups in total. The van der Waals surface area contributed by atoms with Gasteiger partial charge in [-0.1, -0.05) is 96.5 Å². The Morgan fingerprint density at radius 1 is 0.462 bits per heavy atom. The van der Waals surface area contributed by atoms with Gasteiger partial charge in [-0.2, -0.15) is 0 Å². The second kappa shape index (κ2) is 9.70. The van der Waals surface area contributed by atoms with Gasteiger partial charge in [0, 0.05) is 33.5 Å². The van der Waals surface area contributed by atoms with E-state index in [0.717, 1.165) is 55.8 Å². The lowest BCUT2D eigenvalue weighted by atomic mass is 9.91. The summed E-state index contributed by atoms with van der Waals surface area (Å²) in [6.07, 6.45) is 0. The van der Waals surface area contributed by atoms with E-state index in [0.29, 0.717) is 0 Å². The first-order valence-electron chi connectivity index (χ1n) is 13.2. The van der Waals surface area contributed by atoms with Crippen LogP contribution in [0.5, 0.6) is 0 Å². The van der Waals surface area contributed by atoms with Crippen LogP contribution in [0.15, 0.2) is 152 Å². The van der Waals surface area contributed by atoms with E-state index < -0.39 is 0 Å². The van der Waals surface area contributed by atoms with Gasteiger partial charge in [0.1, 0.15) is 7.85 Å². The van der Waals surface area contributed by atoms with Crippen LogP contribution in [0, 0.1) is 0 Å². The van der Waals surface area contributed by atoms with Crippen LogP contribution in [0.25, 0.3) is 38.6 Å². The topological polar surface area (TPSA) is 8.17 Å². The second-order valence-corrected chi connectivity index (χ2v) is 9.70. The van der Waals surface area contributed by atoms with Gasteiger partial charge in [-0.3, -0.25) is 0 Å². The summed E-state index contributed by atoms with van der Waals surface area (Å²) in [7, 11) is 6.46.